The number of hydrogen-bond donors (Lipinski definition) is 1. The van der Waals surface area contributed by atoms with Gasteiger partial charge in [-0.2, -0.15) is 0 Å². The number of amides is 1. The molecule has 2 aromatic rings. The van der Waals surface area contributed by atoms with Crippen LogP contribution in [0.5, 0.6) is 0 Å². The molecule has 1 aromatic carbocycles. The summed E-state index contributed by atoms with van der Waals surface area (Å²) in [6.45, 7) is 11.0. The Labute approximate surface area is 143 Å². The average molecular weight is 326 g/mol. The van der Waals surface area contributed by atoms with E-state index in [9.17, 15) is 4.79 Å². The molecular weight excluding hydrogens is 300 g/mol. The molecule has 0 spiro atoms. The van der Waals surface area contributed by atoms with Crippen LogP contribution in [0.1, 0.15) is 67.7 Å². The van der Waals surface area contributed by atoms with E-state index in [4.69, 9.17) is 0 Å². The molecule has 1 amide bonds. The second kappa shape index (κ2) is 5.43. The molecule has 1 aliphatic rings. The molecule has 1 N–H and O–H groups in total. The summed E-state index contributed by atoms with van der Waals surface area (Å²) in [5.41, 5.74) is 4.38. The van der Waals surface area contributed by atoms with Gasteiger partial charge in [0.2, 0.25) is 0 Å². The smallest absolute Gasteiger partial charge is 0.256 e. The number of carbonyl (C=O) groups excluding carboxylic acids is 1. The van der Waals surface area contributed by atoms with E-state index in [0.717, 1.165) is 18.5 Å². The van der Waals surface area contributed by atoms with E-state index in [0.29, 0.717) is 11.4 Å². The van der Waals surface area contributed by atoms with Crippen molar-refractivity contribution < 1.29 is 4.79 Å². The van der Waals surface area contributed by atoms with Gasteiger partial charge in [-0.1, -0.05) is 39.0 Å². The van der Waals surface area contributed by atoms with Crippen molar-refractivity contribution in [1.29, 1.82) is 0 Å². The van der Waals surface area contributed by atoms with Gasteiger partial charge in [0, 0.05) is 12.6 Å². The lowest BCUT2D eigenvalue weighted by Crippen LogP contribution is -2.34. The summed E-state index contributed by atoms with van der Waals surface area (Å²) >= 11 is 0. The van der Waals surface area contributed by atoms with Crippen molar-refractivity contribution in [2.75, 3.05) is 5.32 Å². The van der Waals surface area contributed by atoms with Crippen molar-refractivity contribution in [3.63, 3.8) is 0 Å². The number of nitrogens with zero attached hydrogens (tertiary/aromatic N) is 3. The third-order valence-electron chi connectivity index (χ3n) is 5.45. The number of rotatable bonds is 2. The summed E-state index contributed by atoms with van der Waals surface area (Å²) in [4.78, 5) is 12.6. The first-order valence-corrected chi connectivity index (χ1v) is 8.44. The molecule has 0 aliphatic heterocycles. The zero-order valence-electron chi connectivity index (χ0n) is 15.4. The molecule has 0 unspecified atom stereocenters. The maximum atomic E-state index is 12.6. The summed E-state index contributed by atoms with van der Waals surface area (Å²) in [5.74, 6) is 0.375. The molecule has 1 aromatic heterocycles. The van der Waals surface area contributed by atoms with E-state index < -0.39 is 0 Å². The van der Waals surface area contributed by atoms with Gasteiger partial charge in [-0.25, -0.2) is 0 Å². The van der Waals surface area contributed by atoms with Gasteiger partial charge in [0.05, 0.1) is 5.69 Å². The van der Waals surface area contributed by atoms with Crippen molar-refractivity contribution >= 4 is 11.7 Å². The van der Waals surface area contributed by atoms with E-state index in [1.807, 2.05) is 20.0 Å². The highest BCUT2D eigenvalue weighted by Crippen LogP contribution is 2.45. The number of anilines is 1. The van der Waals surface area contributed by atoms with Gasteiger partial charge in [-0.05, 0) is 53.9 Å². The molecule has 1 aliphatic carbocycles. The third-order valence-corrected chi connectivity index (χ3v) is 5.45. The summed E-state index contributed by atoms with van der Waals surface area (Å²) < 4.78 is 1.65. The summed E-state index contributed by atoms with van der Waals surface area (Å²) in [5, 5.41) is 10.8. The van der Waals surface area contributed by atoms with Crippen LogP contribution in [-0.4, -0.2) is 20.9 Å². The first-order chi connectivity index (χ1) is 11.1. The van der Waals surface area contributed by atoms with Gasteiger partial charge < -0.3 is 5.32 Å². The Morgan fingerprint density at radius 3 is 2.33 bits per heavy atom. The second-order valence-electron chi connectivity index (χ2n) is 8.13. The summed E-state index contributed by atoms with van der Waals surface area (Å²) in [6, 6.07) is 6.09. The van der Waals surface area contributed by atoms with E-state index in [-0.39, 0.29) is 16.7 Å². The Morgan fingerprint density at radius 1 is 1.12 bits per heavy atom. The highest BCUT2D eigenvalue weighted by Gasteiger charge is 2.37. The monoisotopic (exact) mass is 326 g/mol. The quantitative estimate of drug-likeness (QED) is 0.915. The fourth-order valence-electron chi connectivity index (χ4n) is 3.43. The van der Waals surface area contributed by atoms with Gasteiger partial charge in [0.25, 0.3) is 5.91 Å². The molecule has 3 rings (SSSR count). The number of aryl methyl sites for hydroxylation is 1. The van der Waals surface area contributed by atoms with Crippen LogP contribution in [0.3, 0.4) is 0 Å². The summed E-state index contributed by atoms with van der Waals surface area (Å²) in [6.07, 6.45) is 2.29. The molecule has 1 heterocycles. The molecule has 128 valence electrons. The molecule has 5 nitrogen and oxygen atoms in total. The molecule has 0 radical (unpaired) electrons. The van der Waals surface area contributed by atoms with Gasteiger partial charge in [-0.15, -0.1) is 5.10 Å². The van der Waals surface area contributed by atoms with Crippen molar-refractivity contribution in [2.45, 2.75) is 58.3 Å². The second-order valence-corrected chi connectivity index (χ2v) is 8.13. The summed E-state index contributed by atoms with van der Waals surface area (Å²) in [7, 11) is 1.81. The molecule has 5 heteroatoms. The number of nitrogens with one attached hydrogen (secondary N) is 1. The average Bonchev–Trinajstić information content (AvgIpc) is 2.83. The van der Waals surface area contributed by atoms with Gasteiger partial charge in [0.1, 0.15) is 0 Å². The predicted octanol–water partition coefficient (Wildman–Crippen LogP) is 3.72. The van der Waals surface area contributed by atoms with Crippen LogP contribution in [-0.2, 0) is 17.9 Å². The Balaban J connectivity index is 1.96. The molecule has 0 atom stereocenters. The zero-order valence-corrected chi connectivity index (χ0v) is 15.4. The lowest BCUT2D eigenvalue weighted by Gasteiger charge is -2.42. The minimum absolute atomic E-state index is 0.0869. The van der Waals surface area contributed by atoms with Gasteiger partial charge in [-0.3, -0.25) is 9.48 Å². The maximum absolute atomic E-state index is 12.6. The largest absolute Gasteiger partial charge is 0.303 e. The number of fused-ring (bicyclic) bond motifs is 1. The maximum Gasteiger partial charge on any atom is 0.256 e. The van der Waals surface area contributed by atoms with Crippen LogP contribution < -0.4 is 5.32 Å². The van der Waals surface area contributed by atoms with Gasteiger partial charge in [0.15, 0.2) is 5.82 Å². The topological polar surface area (TPSA) is 59.8 Å². The molecule has 0 saturated carbocycles. The molecular formula is C19H26N4O. The van der Waals surface area contributed by atoms with Crippen LogP contribution in [0.25, 0.3) is 0 Å². The lowest BCUT2D eigenvalue weighted by molar-refractivity contribution is 0.102. The van der Waals surface area contributed by atoms with Crippen molar-refractivity contribution in [2.24, 2.45) is 7.05 Å². The lowest BCUT2D eigenvalue weighted by atomic mass is 9.63. The van der Waals surface area contributed by atoms with Crippen molar-refractivity contribution in [1.82, 2.24) is 15.0 Å². The fourth-order valence-corrected chi connectivity index (χ4v) is 3.43. The standard InChI is InChI=1S/C19H26N4O/c1-12-16(21-22-23(12)6)20-17(24)13-7-8-14-15(11-13)19(4,5)10-9-18(14,2)3/h7-8,11H,9-10H2,1-6H3,(H,20,24). The van der Waals surface area contributed by atoms with Crippen LogP contribution in [0.2, 0.25) is 0 Å². The number of hydrogen-bond acceptors (Lipinski definition) is 3. The first kappa shape index (κ1) is 16.7. The Bertz CT molecular complexity index is 802. The zero-order chi connectivity index (χ0) is 17.7. The van der Waals surface area contributed by atoms with E-state index in [1.54, 1.807) is 4.68 Å². The van der Waals surface area contributed by atoms with Crippen LogP contribution in [0.4, 0.5) is 5.82 Å². The number of benzene rings is 1. The normalized spacial score (nSPS) is 18.1. The number of carbonyl (C=O) groups is 1. The first-order valence-electron chi connectivity index (χ1n) is 8.44. The minimum atomic E-state index is -0.138. The SMILES string of the molecule is Cc1c(NC(=O)c2ccc3c(c2)C(C)(C)CCC3(C)C)nnn1C. The highest BCUT2D eigenvalue weighted by atomic mass is 16.1. The van der Waals surface area contributed by atoms with E-state index in [1.165, 1.54) is 11.1 Å². The molecule has 0 bridgehead atoms. The van der Waals surface area contributed by atoms with Crippen molar-refractivity contribution in [3.05, 3.63) is 40.6 Å². The van der Waals surface area contributed by atoms with Crippen molar-refractivity contribution in [3.8, 4) is 0 Å². The minimum Gasteiger partial charge on any atom is -0.303 e. The predicted molar refractivity (Wildman–Crippen MR) is 95.4 cm³/mol. The van der Waals surface area contributed by atoms with Crippen LogP contribution in [0.15, 0.2) is 18.2 Å². The van der Waals surface area contributed by atoms with E-state index >= 15 is 0 Å². The number of aromatic nitrogens is 3. The Kier molecular flexibility index (Phi) is 3.78. The van der Waals surface area contributed by atoms with Gasteiger partial charge >= 0.3 is 0 Å². The Hall–Kier alpha value is -2.17. The molecule has 0 fully saturated rings. The van der Waals surface area contributed by atoms with Crippen LogP contribution >= 0.6 is 0 Å². The highest BCUT2D eigenvalue weighted by molar-refractivity contribution is 6.04. The third kappa shape index (κ3) is 2.72. The molecule has 24 heavy (non-hydrogen) atoms. The van der Waals surface area contributed by atoms with E-state index in [2.05, 4.69) is 55.5 Å². The fraction of sp³-hybridized carbons (Fsp3) is 0.526. The Morgan fingerprint density at radius 2 is 1.75 bits per heavy atom. The van der Waals surface area contributed by atoms with Crippen LogP contribution in [0, 0.1) is 6.92 Å². The molecule has 0 saturated heterocycles.